The number of aliphatic carboxylic acids is 1. The standard InChI is InChI=1S/C29H43N5O12/c1-5-16-17(7-6-15-10-34(8-9-35)11-18(25(39)40)21(15)33-29(30)32-3)19(26(41)42-4)13-43-27(16)46-28-24(44-14-31-2)23(38)22(37)20(12-36)45-28/h5-7,10,13,16-17,20,22-24,27-28,31,35-38H,1,8-9,11-12,14H2,2-4H3,(H,39,40)(H3,30,32,33). The van der Waals surface area contributed by atoms with Crippen LogP contribution < -0.4 is 16.4 Å². The van der Waals surface area contributed by atoms with Crippen LogP contribution in [0, 0.1) is 11.8 Å². The third-order valence-corrected chi connectivity index (χ3v) is 7.52. The van der Waals surface area contributed by atoms with Crippen molar-refractivity contribution in [3.05, 3.63) is 59.7 Å². The number of β-amino-alcohol motifs (C(OH)–C–C–N with tert-alkyl or cyclic N) is 1. The highest BCUT2D eigenvalue weighted by Crippen LogP contribution is 2.37. The molecular weight excluding hydrogens is 610 g/mol. The molecule has 0 amide bonds. The van der Waals surface area contributed by atoms with Crippen LogP contribution in [0.15, 0.2) is 64.7 Å². The van der Waals surface area contributed by atoms with Crippen LogP contribution in [0.2, 0.25) is 0 Å². The molecule has 0 bridgehead atoms. The summed E-state index contributed by atoms with van der Waals surface area (Å²) in [5.41, 5.74) is 6.42. The average Bonchev–Trinajstić information content (AvgIpc) is 3.05. The van der Waals surface area contributed by atoms with Crippen molar-refractivity contribution < 1.29 is 58.8 Å². The molecule has 0 radical (unpaired) electrons. The molecule has 0 aromatic rings. The summed E-state index contributed by atoms with van der Waals surface area (Å²) in [6, 6.07) is 0. The van der Waals surface area contributed by atoms with Gasteiger partial charge in [0.15, 0.2) is 12.2 Å². The normalized spacial score (nSPS) is 30.4. The van der Waals surface area contributed by atoms with E-state index in [0.717, 1.165) is 6.26 Å². The Hall–Kier alpha value is -3.81. The number of guanidine groups is 1. The number of ether oxygens (including phenoxy) is 5. The van der Waals surface area contributed by atoms with Gasteiger partial charge in [-0.3, -0.25) is 10.3 Å². The Balaban J connectivity index is 2.03. The Morgan fingerprint density at radius 1 is 1.26 bits per heavy atom. The van der Waals surface area contributed by atoms with E-state index < -0.39 is 67.4 Å². The molecule has 9 N–H and O–H groups in total. The topological polar surface area (TPSA) is 247 Å². The number of nitrogens with two attached hydrogens (primary N) is 1. The van der Waals surface area contributed by atoms with E-state index in [1.54, 1.807) is 30.3 Å². The van der Waals surface area contributed by atoms with Gasteiger partial charge in [0.1, 0.15) is 24.4 Å². The molecule has 3 aliphatic heterocycles. The third kappa shape index (κ3) is 8.51. The van der Waals surface area contributed by atoms with E-state index in [1.165, 1.54) is 20.2 Å². The first-order valence-corrected chi connectivity index (χ1v) is 14.4. The molecular formula is C29H43N5O12. The molecule has 0 aromatic heterocycles. The van der Waals surface area contributed by atoms with Gasteiger partial charge in [-0.1, -0.05) is 18.2 Å². The maximum atomic E-state index is 12.8. The number of nitrogens with zero attached hydrogens (tertiary/aromatic N) is 2. The Bertz CT molecular complexity index is 1250. The van der Waals surface area contributed by atoms with E-state index in [-0.39, 0.29) is 49.2 Å². The summed E-state index contributed by atoms with van der Waals surface area (Å²) in [6.45, 7) is 3.11. The molecule has 8 atom stereocenters. The van der Waals surface area contributed by atoms with E-state index in [1.807, 2.05) is 0 Å². The molecule has 1 fully saturated rings. The maximum Gasteiger partial charge on any atom is 0.337 e. The summed E-state index contributed by atoms with van der Waals surface area (Å²) in [6.07, 6.45) is -0.465. The molecule has 8 unspecified atom stereocenters. The number of esters is 1. The molecule has 3 aliphatic rings. The van der Waals surface area contributed by atoms with Gasteiger partial charge < -0.3 is 65.2 Å². The molecule has 46 heavy (non-hydrogen) atoms. The zero-order valence-corrected chi connectivity index (χ0v) is 25.8. The Morgan fingerprint density at radius 3 is 2.59 bits per heavy atom. The molecule has 17 nitrogen and oxygen atoms in total. The van der Waals surface area contributed by atoms with Crippen molar-refractivity contribution in [1.82, 2.24) is 15.5 Å². The summed E-state index contributed by atoms with van der Waals surface area (Å²) in [4.78, 5) is 30.5. The fraction of sp³-hybridized carbons (Fsp3) is 0.552. The lowest BCUT2D eigenvalue weighted by molar-refractivity contribution is -0.345. The maximum absolute atomic E-state index is 12.8. The minimum atomic E-state index is -1.49. The Morgan fingerprint density at radius 2 is 2.00 bits per heavy atom. The highest BCUT2D eigenvalue weighted by Gasteiger charge is 2.48. The second-order valence-corrected chi connectivity index (χ2v) is 10.4. The summed E-state index contributed by atoms with van der Waals surface area (Å²) in [5, 5.41) is 55.9. The van der Waals surface area contributed by atoms with Crippen LogP contribution in [0.1, 0.15) is 0 Å². The zero-order valence-electron chi connectivity index (χ0n) is 25.8. The summed E-state index contributed by atoms with van der Waals surface area (Å²) in [7, 11) is 4.24. The number of carboxylic acids is 1. The first-order chi connectivity index (χ1) is 22.0. The number of aliphatic hydroxyl groups excluding tert-OH is 4. The van der Waals surface area contributed by atoms with Crippen molar-refractivity contribution in [2.24, 2.45) is 22.6 Å². The lowest BCUT2D eigenvalue weighted by Gasteiger charge is -2.44. The SMILES string of the molecule is C=CC1C(OC2OC(CO)C(O)C(O)C2OCNC)OC=C(C(=O)OC)C1C=CC1=CN(CCO)CC(C(=O)O)=C1NC(N)=NC. The predicted octanol–water partition coefficient (Wildman–Crippen LogP) is -2.54. The van der Waals surface area contributed by atoms with Crippen LogP contribution in [-0.4, -0.2) is 140 Å². The van der Waals surface area contributed by atoms with Gasteiger partial charge in [0.25, 0.3) is 0 Å². The molecule has 0 spiro atoms. The van der Waals surface area contributed by atoms with Gasteiger partial charge in [0.05, 0.1) is 62.6 Å². The first-order valence-electron chi connectivity index (χ1n) is 14.4. The van der Waals surface area contributed by atoms with Crippen molar-refractivity contribution >= 4 is 17.9 Å². The number of hydrogen-bond acceptors (Lipinski definition) is 14. The molecule has 0 saturated carbocycles. The molecule has 3 heterocycles. The van der Waals surface area contributed by atoms with Gasteiger partial charge in [-0.05, 0) is 7.05 Å². The summed E-state index contributed by atoms with van der Waals surface area (Å²) in [5.74, 6) is -3.61. The van der Waals surface area contributed by atoms with E-state index in [2.05, 4.69) is 22.2 Å². The van der Waals surface area contributed by atoms with Crippen molar-refractivity contribution in [2.75, 3.05) is 54.2 Å². The summed E-state index contributed by atoms with van der Waals surface area (Å²) >= 11 is 0. The van der Waals surface area contributed by atoms with Gasteiger partial charge >= 0.3 is 11.9 Å². The first kappa shape index (κ1) is 36.7. The van der Waals surface area contributed by atoms with Crippen molar-refractivity contribution in [3.8, 4) is 0 Å². The monoisotopic (exact) mass is 653 g/mol. The number of rotatable bonds is 14. The number of aliphatic imine (C=N–C) groups is 1. The van der Waals surface area contributed by atoms with E-state index >= 15 is 0 Å². The van der Waals surface area contributed by atoms with Crippen LogP contribution in [0.3, 0.4) is 0 Å². The van der Waals surface area contributed by atoms with Gasteiger partial charge in [0, 0.05) is 31.3 Å². The quantitative estimate of drug-likeness (QED) is 0.0316. The van der Waals surface area contributed by atoms with Gasteiger partial charge in [-0.25, -0.2) is 9.59 Å². The molecule has 1 saturated heterocycles. The Labute approximate surface area is 265 Å². The fourth-order valence-corrected chi connectivity index (χ4v) is 5.13. The van der Waals surface area contributed by atoms with Crippen LogP contribution in [-0.2, 0) is 33.3 Å². The second-order valence-electron chi connectivity index (χ2n) is 10.4. The van der Waals surface area contributed by atoms with E-state index in [9.17, 15) is 35.1 Å². The van der Waals surface area contributed by atoms with Gasteiger partial charge in [-0.15, -0.1) is 6.58 Å². The van der Waals surface area contributed by atoms with E-state index in [0.29, 0.717) is 5.57 Å². The molecule has 256 valence electrons. The molecule has 0 aliphatic carbocycles. The van der Waals surface area contributed by atoms with Crippen LogP contribution >= 0.6 is 0 Å². The third-order valence-electron chi connectivity index (χ3n) is 7.52. The molecule has 3 rings (SSSR count). The lowest BCUT2D eigenvalue weighted by Crippen LogP contribution is -2.61. The lowest BCUT2D eigenvalue weighted by atomic mass is 9.83. The van der Waals surface area contributed by atoms with Crippen LogP contribution in [0.25, 0.3) is 0 Å². The van der Waals surface area contributed by atoms with Crippen molar-refractivity contribution in [1.29, 1.82) is 0 Å². The minimum Gasteiger partial charge on any atom is -0.478 e. The number of nitrogens with one attached hydrogen (secondary N) is 2. The van der Waals surface area contributed by atoms with Crippen molar-refractivity contribution in [2.45, 2.75) is 37.0 Å². The second kappa shape index (κ2) is 17.2. The van der Waals surface area contributed by atoms with Gasteiger partial charge in [-0.2, -0.15) is 0 Å². The van der Waals surface area contributed by atoms with Crippen LogP contribution in [0.4, 0.5) is 0 Å². The van der Waals surface area contributed by atoms with E-state index in [4.69, 9.17) is 29.4 Å². The predicted molar refractivity (Wildman–Crippen MR) is 161 cm³/mol. The number of carbonyl (C=O) groups excluding carboxylic acids is 1. The molecule has 17 heteroatoms. The highest BCUT2D eigenvalue weighted by atomic mass is 16.8. The smallest absolute Gasteiger partial charge is 0.337 e. The number of allylic oxidation sites excluding steroid dienone is 2. The Kier molecular flexibility index (Phi) is 13.7. The average molecular weight is 654 g/mol. The number of hydrogen-bond donors (Lipinski definition) is 8. The summed E-state index contributed by atoms with van der Waals surface area (Å²) < 4.78 is 28.2. The number of carbonyl (C=O) groups is 2. The number of aliphatic hydroxyl groups is 4. The number of carboxylic acid groups (broad SMARTS) is 1. The highest BCUT2D eigenvalue weighted by molar-refractivity contribution is 5.92. The molecule has 0 aromatic carbocycles. The van der Waals surface area contributed by atoms with Crippen molar-refractivity contribution in [3.63, 3.8) is 0 Å². The van der Waals surface area contributed by atoms with Gasteiger partial charge in [0.2, 0.25) is 6.29 Å². The fourth-order valence-electron chi connectivity index (χ4n) is 5.13. The van der Waals surface area contributed by atoms with Crippen LogP contribution in [0.5, 0.6) is 0 Å². The minimum absolute atomic E-state index is 0.0318. The number of methoxy groups -OCH3 is 1. The largest absolute Gasteiger partial charge is 0.478 e. The zero-order chi connectivity index (χ0) is 34.0.